The molecule has 1 atom stereocenters. The van der Waals surface area contributed by atoms with Crippen molar-refractivity contribution in [2.75, 3.05) is 7.11 Å². The van der Waals surface area contributed by atoms with Crippen LogP contribution in [0.25, 0.3) is 0 Å². The second kappa shape index (κ2) is 5.79. The number of ether oxygens (including phenoxy) is 1. The molecule has 2 aliphatic carbocycles. The second-order valence-electron chi connectivity index (χ2n) is 6.29. The first-order valence-corrected chi connectivity index (χ1v) is 8.09. The van der Waals surface area contributed by atoms with Gasteiger partial charge in [0.15, 0.2) is 5.82 Å². The highest BCUT2D eigenvalue weighted by atomic mass is 16.5. The van der Waals surface area contributed by atoms with Gasteiger partial charge < -0.3 is 9.26 Å². The summed E-state index contributed by atoms with van der Waals surface area (Å²) in [6.45, 7) is 0.392. The zero-order valence-corrected chi connectivity index (χ0v) is 12.9. The molecular formula is C15H21N5O2. The largest absolute Gasteiger partial charge is 0.377 e. The van der Waals surface area contributed by atoms with Crippen molar-refractivity contribution in [3.63, 3.8) is 0 Å². The van der Waals surface area contributed by atoms with Crippen LogP contribution in [0.5, 0.6) is 0 Å². The Hall–Kier alpha value is -1.76. The third-order valence-electron chi connectivity index (χ3n) is 4.82. The molecule has 0 aliphatic heterocycles. The van der Waals surface area contributed by atoms with E-state index in [2.05, 4.69) is 25.1 Å². The first kappa shape index (κ1) is 13.9. The van der Waals surface area contributed by atoms with Crippen molar-refractivity contribution in [3.05, 3.63) is 23.1 Å². The number of methoxy groups -OCH3 is 1. The van der Waals surface area contributed by atoms with Gasteiger partial charge in [-0.05, 0) is 25.7 Å². The molecule has 2 heterocycles. The van der Waals surface area contributed by atoms with Crippen LogP contribution in [0.1, 0.15) is 67.2 Å². The molecule has 118 valence electrons. The van der Waals surface area contributed by atoms with Gasteiger partial charge in [0.2, 0.25) is 5.89 Å². The highest BCUT2D eigenvalue weighted by Crippen LogP contribution is 2.35. The van der Waals surface area contributed by atoms with Gasteiger partial charge in [-0.2, -0.15) is 4.98 Å². The van der Waals surface area contributed by atoms with Crippen LogP contribution < -0.4 is 0 Å². The summed E-state index contributed by atoms with van der Waals surface area (Å²) in [7, 11) is 1.63. The molecule has 7 nitrogen and oxygen atoms in total. The normalized spacial score (nSPS) is 22.1. The summed E-state index contributed by atoms with van der Waals surface area (Å²) >= 11 is 0. The lowest BCUT2D eigenvalue weighted by Crippen LogP contribution is -2.18. The third kappa shape index (κ3) is 2.43. The maximum absolute atomic E-state index is 5.42. The Balaban J connectivity index is 1.55. The lowest BCUT2D eigenvalue weighted by molar-refractivity contribution is 0.174. The number of aryl methyl sites for hydroxylation is 1. The lowest BCUT2D eigenvalue weighted by Gasteiger charge is -2.21. The van der Waals surface area contributed by atoms with Gasteiger partial charge in [-0.25, -0.2) is 4.68 Å². The molecule has 2 aliphatic rings. The van der Waals surface area contributed by atoms with Gasteiger partial charge in [-0.3, -0.25) is 0 Å². The maximum atomic E-state index is 5.42. The van der Waals surface area contributed by atoms with Gasteiger partial charge in [0.25, 0.3) is 0 Å². The SMILES string of the molecule is COCc1noc(C2CCc3nnn(C4CCCC4)c3C2)n1. The van der Waals surface area contributed by atoms with Gasteiger partial charge >= 0.3 is 0 Å². The first-order chi connectivity index (χ1) is 10.8. The van der Waals surface area contributed by atoms with Gasteiger partial charge in [-0.15, -0.1) is 5.10 Å². The fraction of sp³-hybridized carbons (Fsp3) is 0.733. The molecule has 4 rings (SSSR count). The number of hydrogen-bond donors (Lipinski definition) is 0. The number of hydrogen-bond acceptors (Lipinski definition) is 6. The monoisotopic (exact) mass is 303 g/mol. The lowest BCUT2D eigenvalue weighted by atomic mass is 9.89. The van der Waals surface area contributed by atoms with E-state index in [-0.39, 0.29) is 5.92 Å². The van der Waals surface area contributed by atoms with Crippen LogP contribution >= 0.6 is 0 Å². The molecule has 2 aromatic heterocycles. The van der Waals surface area contributed by atoms with Crippen molar-refractivity contribution < 1.29 is 9.26 Å². The molecule has 0 N–H and O–H groups in total. The summed E-state index contributed by atoms with van der Waals surface area (Å²) in [4.78, 5) is 4.46. The average molecular weight is 303 g/mol. The van der Waals surface area contributed by atoms with Crippen molar-refractivity contribution in [2.45, 2.75) is 63.5 Å². The summed E-state index contributed by atoms with van der Waals surface area (Å²) in [5.41, 5.74) is 2.43. The molecule has 0 bridgehead atoms. The fourth-order valence-electron chi connectivity index (χ4n) is 3.67. The molecule has 0 spiro atoms. The Kier molecular flexibility index (Phi) is 3.65. The molecule has 0 amide bonds. The molecule has 0 radical (unpaired) electrons. The standard InChI is InChI=1S/C15H21N5O2/c1-21-9-14-16-15(22-18-14)10-6-7-12-13(8-10)20(19-17-12)11-4-2-3-5-11/h10-11H,2-9H2,1H3. The minimum Gasteiger partial charge on any atom is -0.377 e. The molecule has 1 fully saturated rings. The van der Waals surface area contributed by atoms with E-state index >= 15 is 0 Å². The third-order valence-corrected chi connectivity index (χ3v) is 4.82. The average Bonchev–Trinajstić information content (AvgIpc) is 3.27. The van der Waals surface area contributed by atoms with Gasteiger partial charge in [-0.1, -0.05) is 23.2 Å². The van der Waals surface area contributed by atoms with Crippen LogP contribution in [0.2, 0.25) is 0 Å². The highest BCUT2D eigenvalue weighted by molar-refractivity contribution is 5.19. The fourth-order valence-corrected chi connectivity index (χ4v) is 3.67. The molecule has 2 aromatic rings. The Morgan fingerprint density at radius 1 is 1.27 bits per heavy atom. The van der Waals surface area contributed by atoms with Crippen molar-refractivity contribution in [1.29, 1.82) is 0 Å². The summed E-state index contributed by atoms with van der Waals surface area (Å²) < 4.78 is 12.6. The molecule has 1 unspecified atom stereocenters. The molecule has 22 heavy (non-hydrogen) atoms. The number of nitrogens with zero attached hydrogens (tertiary/aromatic N) is 5. The van der Waals surface area contributed by atoms with Crippen LogP contribution in [-0.2, 0) is 24.2 Å². The van der Waals surface area contributed by atoms with Crippen molar-refractivity contribution in [3.8, 4) is 0 Å². The smallest absolute Gasteiger partial charge is 0.230 e. The van der Waals surface area contributed by atoms with E-state index in [1.165, 1.54) is 31.4 Å². The van der Waals surface area contributed by atoms with Crippen molar-refractivity contribution in [2.24, 2.45) is 0 Å². The van der Waals surface area contributed by atoms with E-state index in [0.717, 1.165) is 30.8 Å². The van der Waals surface area contributed by atoms with E-state index < -0.39 is 0 Å². The van der Waals surface area contributed by atoms with Crippen molar-refractivity contribution in [1.82, 2.24) is 25.1 Å². The highest BCUT2D eigenvalue weighted by Gasteiger charge is 2.31. The zero-order chi connectivity index (χ0) is 14.9. The summed E-state index contributed by atoms with van der Waals surface area (Å²) in [6, 6.07) is 0.529. The maximum Gasteiger partial charge on any atom is 0.230 e. The van der Waals surface area contributed by atoms with E-state index in [1.54, 1.807) is 7.11 Å². The molecular weight excluding hydrogens is 282 g/mol. The minimum absolute atomic E-state index is 0.268. The number of fused-ring (bicyclic) bond motifs is 1. The Labute approximate surface area is 129 Å². The van der Waals surface area contributed by atoms with Gasteiger partial charge in [0, 0.05) is 19.4 Å². The predicted molar refractivity (Wildman–Crippen MR) is 77.3 cm³/mol. The summed E-state index contributed by atoms with van der Waals surface area (Å²) in [6.07, 6.45) is 7.87. The first-order valence-electron chi connectivity index (χ1n) is 8.09. The summed E-state index contributed by atoms with van der Waals surface area (Å²) in [5, 5.41) is 12.8. The van der Waals surface area contributed by atoms with E-state index in [0.29, 0.717) is 18.5 Å². The van der Waals surface area contributed by atoms with Crippen molar-refractivity contribution >= 4 is 0 Å². The second-order valence-corrected chi connectivity index (χ2v) is 6.29. The molecule has 7 heteroatoms. The predicted octanol–water partition coefficient (Wildman–Crippen LogP) is 2.20. The Morgan fingerprint density at radius 2 is 2.14 bits per heavy atom. The van der Waals surface area contributed by atoms with E-state index in [1.807, 2.05) is 0 Å². The van der Waals surface area contributed by atoms with Crippen LogP contribution in [0.15, 0.2) is 4.52 Å². The van der Waals surface area contributed by atoms with E-state index in [4.69, 9.17) is 9.26 Å². The van der Waals surface area contributed by atoms with E-state index in [9.17, 15) is 0 Å². The quantitative estimate of drug-likeness (QED) is 0.861. The van der Waals surface area contributed by atoms with Gasteiger partial charge in [0.1, 0.15) is 6.61 Å². The number of rotatable bonds is 4. The summed E-state index contributed by atoms with van der Waals surface area (Å²) in [5.74, 6) is 1.60. The molecule has 0 saturated heterocycles. The van der Waals surface area contributed by atoms with Crippen LogP contribution in [0.4, 0.5) is 0 Å². The topological polar surface area (TPSA) is 78.9 Å². The molecule has 1 saturated carbocycles. The van der Waals surface area contributed by atoms with Gasteiger partial charge in [0.05, 0.1) is 17.4 Å². The van der Waals surface area contributed by atoms with Crippen LogP contribution in [0, 0.1) is 0 Å². The number of aromatic nitrogens is 5. The molecule has 0 aromatic carbocycles. The zero-order valence-electron chi connectivity index (χ0n) is 12.9. The van der Waals surface area contributed by atoms with Crippen LogP contribution in [-0.4, -0.2) is 32.2 Å². The Morgan fingerprint density at radius 3 is 2.95 bits per heavy atom. The Bertz CT molecular complexity index is 644. The minimum atomic E-state index is 0.268. The van der Waals surface area contributed by atoms with Crippen LogP contribution in [0.3, 0.4) is 0 Å².